The van der Waals surface area contributed by atoms with Crippen LogP contribution in [0.5, 0.6) is 11.5 Å². The first-order valence-electron chi connectivity index (χ1n) is 8.71. The third kappa shape index (κ3) is 4.11. The summed E-state index contributed by atoms with van der Waals surface area (Å²) >= 11 is 0. The first-order valence-corrected chi connectivity index (χ1v) is 8.71. The van der Waals surface area contributed by atoms with Crippen molar-refractivity contribution in [2.75, 3.05) is 11.9 Å². The van der Waals surface area contributed by atoms with E-state index in [0.717, 1.165) is 12.1 Å². The summed E-state index contributed by atoms with van der Waals surface area (Å²) in [6.07, 6.45) is 2.74. The molecule has 8 heteroatoms. The molecule has 2 aromatic carbocycles. The maximum Gasteiger partial charge on any atom is 0.228 e. The van der Waals surface area contributed by atoms with Crippen molar-refractivity contribution in [3.05, 3.63) is 72.1 Å². The Bertz CT molecular complexity index is 1010. The fourth-order valence-corrected chi connectivity index (χ4v) is 2.93. The van der Waals surface area contributed by atoms with E-state index in [4.69, 9.17) is 9.47 Å². The molecular weight excluding hydrogens is 368 g/mol. The predicted octanol–water partition coefficient (Wildman–Crippen LogP) is 3.18. The summed E-state index contributed by atoms with van der Waals surface area (Å²) in [5.74, 6) is -0.461. The minimum atomic E-state index is -0.749. The molecule has 0 radical (unpaired) electrons. The Morgan fingerprint density at radius 2 is 2.04 bits per heavy atom. The van der Waals surface area contributed by atoms with Crippen molar-refractivity contribution >= 4 is 11.6 Å². The van der Waals surface area contributed by atoms with Gasteiger partial charge in [0.25, 0.3) is 0 Å². The van der Waals surface area contributed by atoms with Gasteiger partial charge in [-0.25, -0.2) is 8.78 Å². The molecule has 0 unspecified atom stereocenters. The molecule has 144 valence electrons. The Morgan fingerprint density at radius 1 is 1.21 bits per heavy atom. The topological polar surface area (TPSA) is 65.4 Å². The van der Waals surface area contributed by atoms with Gasteiger partial charge in [-0.1, -0.05) is 18.2 Å². The summed E-state index contributed by atoms with van der Waals surface area (Å²) in [6, 6.07) is 10.6. The average Bonchev–Trinajstić information content (AvgIpc) is 3.10. The molecule has 1 atom stereocenters. The van der Waals surface area contributed by atoms with Crippen LogP contribution in [0.4, 0.5) is 14.5 Å². The quantitative estimate of drug-likeness (QED) is 0.733. The fourth-order valence-electron chi connectivity index (χ4n) is 2.93. The highest BCUT2D eigenvalue weighted by Crippen LogP contribution is 2.31. The maximum absolute atomic E-state index is 13.7. The number of carbonyl (C=O) groups is 1. The van der Waals surface area contributed by atoms with E-state index >= 15 is 0 Å². The molecule has 28 heavy (non-hydrogen) atoms. The first kappa shape index (κ1) is 18.0. The maximum atomic E-state index is 13.7. The Balaban J connectivity index is 1.34. The van der Waals surface area contributed by atoms with Gasteiger partial charge in [0.05, 0.1) is 24.8 Å². The van der Waals surface area contributed by atoms with Gasteiger partial charge in [-0.05, 0) is 23.8 Å². The number of halogens is 2. The summed E-state index contributed by atoms with van der Waals surface area (Å²) in [4.78, 5) is 12.1. The number of hydrogen-bond donors (Lipinski definition) is 1. The van der Waals surface area contributed by atoms with Gasteiger partial charge in [-0.3, -0.25) is 9.48 Å². The molecule has 0 bridgehead atoms. The number of benzene rings is 2. The number of fused-ring (bicyclic) bond motifs is 1. The number of nitrogens with zero attached hydrogens (tertiary/aromatic N) is 2. The Hall–Kier alpha value is -3.42. The van der Waals surface area contributed by atoms with E-state index in [-0.39, 0.29) is 18.1 Å². The fraction of sp³-hybridized carbons (Fsp3) is 0.200. The van der Waals surface area contributed by atoms with Crippen LogP contribution in [0.15, 0.2) is 54.9 Å². The van der Waals surface area contributed by atoms with Crippen LogP contribution in [0, 0.1) is 11.6 Å². The Labute approximate surface area is 159 Å². The lowest BCUT2D eigenvalue weighted by atomic mass is 10.1. The van der Waals surface area contributed by atoms with Gasteiger partial charge >= 0.3 is 0 Å². The molecule has 1 aliphatic heterocycles. The highest BCUT2D eigenvalue weighted by Gasteiger charge is 2.21. The Morgan fingerprint density at radius 3 is 2.86 bits per heavy atom. The summed E-state index contributed by atoms with van der Waals surface area (Å²) in [5.41, 5.74) is 0.599. The summed E-state index contributed by atoms with van der Waals surface area (Å²) < 4.78 is 39.8. The minimum Gasteiger partial charge on any atom is -0.486 e. The van der Waals surface area contributed by atoms with Gasteiger partial charge in [-0.15, -0.1) is 0 Å². The molecule has 0 spiro atoms. The van der Waals surface area contributed by atoms with Crippen molar-refractivity contribution in [2.45, 2.75) is 19.1 Å². The van der Waals surface area contributed by atoms with Gasteiger partial charge in [-0.2, -0.15) is 5.10 Å². The number of rotatable bonds is 5. The lowest BCUT2D eigenvalue weighted by Crippen LogP contribution is -2.33. The van der Waals surface area contributed by atoms with E-state index in [1.165, 1.54) is 12.3 Å². The van der Waals surface area contributed by atoms with E-state index in [1.54, 1.807) is 10.9 Å². The number of nitrogens with one attached hydrogen (secondary N) is 1. The van der Waals surface area contributed by atoms with Crippen molar-refractivity contribution < 1.29 is 23.0 Å². The molecule has 1 N–H and O–H groups in total. The molecule has 1 aromatic heterocycles. The van der Waals surface area contributed by atoms with Crippen LogP contribution in [-0.4, -0.2) is 28.4 Å². The van der Waals surface area contributed by atoms with Crippen LogP contribution in [-0.2, 0) is 17.8 Å². The number of para-hydroxylation sites is 2. The lowest BCUT2D eigenvalue weighted by Gasteiger charge is -2.26. The second kappa shape index (κ2) is 7.67. The number of ether oxygens (including phenoxy) is 2. The smallest absolute Gasteiger partial charge is 0.228 e. The van der Waals surface area contributed by atoms with E-state index in [1.807, 2.05) is 24.3 Å². The van der Waals surface area contributed by atoms with Crippen molar-refractivity contribution in [3.8, 4) is 11.5 Å². The van der Waals surface area contributed by atoms with Crippen molar-refractivity contribution in [1.82, 2.24) is 9.78 Å². The van der Waals surface area contributed by atoms with E-state index in [9.17, 15) is 13.6 Å². The van der Waals surface area contributed by atoms with E-state index in [2.05, 4.69) is 10.4 Å². The molecular formula is C20H17F2N3O3. The van der Waals surface area contributed by atoms with Gasteiger partial charge in [0.1, 0.15) is 18.2 Å². The molecule has 0 saturated heterocycles. The largest absolute Gasteiger partial charge is 0.486 e. The highest BCUT2D eigenvalue weighted by atomic mass is 19.1. The number of carbonyl (C=O) groups excluding carboxylic acids is 1. The minimum absolute atomic E-state index is 0.123. The molecule has 0 saturated carbocycles. The second-order valence-electron chi connectivity index (χ2n) is 6.41. The van der Waals surface area contributed by atoms with Crippen LogP contribution in [0.25, 0.3) is 0 Å². The first-order chi connectivity index (χ1) is 13.6. The predicted molar refractivity (Wildman–Crippen MR) is 97.3 cm³/mol. The number of anilines is 1. The zero-order valence-corrected chi connectivity index (χ0v) is 14.8. The van der Waals surface area contributed by atoms with Crippen molar-refractivity contribution in [3.63, 3.8) is 0 Å². The van der Waals surface area contributed by atoms with Crippen molar-refractivity contribution in [2.24, 2.45) is 0 Å². The summed E-state index contributed by atoms with van der Waals surface area (Å²) in [7, 11) is 0. The number of hydrogen-bond acceptors (Lipinski definition) is 4. The third-order valence-electron chi connectivity index (χ3n) is 4.24. The molecule has 2 heterocycles. The van der Waals surface area contributed by atoms with Crippen molar-refractivity contribution in [1.29, 1.82) is 0 Å². The van der Waals surface area contributed by atoms with E-state index in [0.29, 0.717) is 30.3 Å². The molecule has 3 aromatic rings. The highest BCUT2D eigenvalue weighted by molar-refractivity contribution is 5.92. The summed E-state index contributed by atoms with van der Waals surface area (Å²) in [5, 5.41) is 6.85. The normalized spacial score (nSPS) is 15.3. The van der Waals surface area contributed by atoms with Crippen LogP contribution in [0.3, 0.4) is 0 Å². The number of aromatic nitrogens is 2. The second-order valence-corrected chi connectivity index (χ2v) is 6.41. The van der Waals surface area contributed by atoms with Gasteiger partial charge in [0, 0.05) is 12.3 Å². The van der Waals surface area contributed by atoms with Gasteiger partial charge in [0.2, 0.25) is 5.91 Å². The average molecular weight is 385 g/mol. The van der Waals surface area contributed by atoms with Crippen LogP contribution in [0.1, 0.15) is 5.56 Å². The lowest BCUT2D eigenvalue weighted by molar-refractivity contribution is -0.115. The zero-order chi connectivity index (χ0) is 19.5. The van der Waals surface area contributed by atoms with E-state index < -0.39 is 17.5 Å². The third-order valence-corrected chi connectivity index (χ3v) is 4.24. The van der Waals surface area contributed by atoms with Gasteiger partial charge in [0.15, 0.2) is 17.6 Å². The Kier molecular flexibility index (Phi) is 4.92. The molecule has 1 aliphatic rings. The molecule has 6 nitrogen and oxygen atoms in total. The molecule has 0 fully saturated rings. The molecule has 4 rings (SSSR count). The SMILES string of the molecule is O=C(Cc1ccc(F)cc1F)Nc1cnn(C[C@@H]2COc3ccccc3O2)c1. The monoisotopic (exact) mass is 385 g/mol. The zero-order valence-electron chi connectivity index (χ0n) is 14.8. The number of amides is 1. The molecule has 0 aliphatic carbocycles. The standard InChI is InChI=1S/C20H17F2N3O3/c21-14-6-5-13(17(22)8-14)7-20(26)24-15-9-23-25(10-15)11-16-12-27-18-3-1-2-4-19(18)28-16/h1-6,8-10,16H,7,11-12H2,(H,24,26)/t16-/m1/s1. The van der Waals surface area contributed by atoms with Crippen LogP contribution >= 0.6 is 0 Å². The molecule has 1 amide bonds. The summed E-state index contributed by atoms with van der Waals surface area (Å²) in [6.45, 7) is 0.833. The van der Waals surface area contributed by atoms with Crippen LogP contribution in [0.2, 0.25) is 0 Å². The van der Waals surface area contributed by atoms with Crippen LogP contribution < -0.4 is 14.8 Å². The van der Waals surface area contributed by atoms with Gasteiger partial charge < -0.3 is 14.8 Å².